The van der Waals surface area contributed by atoms with E-state index in [9.17, 15) is 27.6 Å². The SMILES string of the molecule is C=CC1CCC1(NC(=O)C1CC2CN1C(=O)C(C1CCCC1)NC(=O)OC1CCCC1CCC=CCc1c(nc3ccccc3c1OCC(=O)N1CCCC1)O2)C(=O)NS(=O)(=O)C1CC1. The lowest BCUT2D eigenvalue weighted by molar-refractivity contribution is -0.145. The van der Waals surface area contributed by atoms with Crippen molar-refractivity contribution in [3.05, 3.63) is 54.6 Å². The van der Waals surface area contributed by atoms with E-state index in [1.165, 1.54) is 4.90 Å². The van der Waals surface area contributed by atoms with Gasteiger partial charge in [0.1, 0.15) is 35.6 Å². The third kappa shape index (κ3) is 9.44. The van der Waals surface area contributed by atoms with Crippen molar-refractivity contribution in [2.24, 2.45) is 17.8 Å². The van der Waals surface area contributed by atoms with Crippen LogP contribution in [0, 0.1) is 17.8 Å². The summed E-state index contributed by atoms with van der Waals surface area (Å²) in [5.74, 6) is -1.96. The highest BCUT2D eigenvalue weighted by atomic mass is 32.2. The van der Waals surface area contributed by atoms with Crippen molar-refractivity contribution in [3.63, 3.8) is 0 Å². The lowest BCUT2D eigenvalue weighted by Crippen LogP contribution is -2.70. The first-order valence-electron chi connectivity index (χ1n) is 23.9. The molecule has 3 aliphatic heterocycles. The van der Waals surface area contributed by atoms with Crippen LogP contribution < -0.4 is 24.8 Å². The number of nitrogens with zero attached hydrogens (tertiary/aromatic N) is 3. The van der Waals surface area contributed by atoms with Crippen molar-refractivity contribution in [1.82, 2.24) is 30.1 Å². The Morgan fingerprint density at radius 3 is 2.45 bits per heavy atom. The fourth-order valence-corrected chi connectivity index (χ4v) is 12.4. The standard InChI is InChI=1S/C48H62N6O10S/c1-2-32-23-24-48(32,46(58)52-65(60,61)34-21-22-34)51-43(56)38-27-33-28-54(38)45(57)41(31-14-6-7-15-31)50-47(59)64-39-20-12-16-30(39)13-4-3-5-18-36-42(62-29-40(55)53-25-10-11-26-53)35-17-8-9-19-37(35)49-44(36)63-33/h2-3,5,8-9,17,19,30-34,38-39,41H,1,4,6-7,10-16,18,20-29H2,(H,50,59)(H,51,56)(H,52,58). The van der Waals surface area contributed by atoms with E-state index < -0.39 is 68.7 Å². The minimum absolute atomic E-state index is 0.00654. The number of aromatic nitrogens is 1. The van der Waals surface area contributed by atoms with Crippen LogP contribution in [0.1, 0.15) is 108 Å². The highest BCUT2D eigenvalue weighted by Gasteiger charge is 2.56. The van der Waals surface area contributed by atoms with Crippen LogP contribution >= 0.6 is 0 Å². The minimum atomic E-state index is -3.95. The van der Waals surface area contributed by atoms with Crippen molar-refractivity contribution < 1.29 is 46.6 Å². The van der Waals surface area contributed by atoms with Crippen molar-refractivity contribution in [2.45, 2.75) is 144 Å². The number of ether oxygens (including phenoxy) is 3. The van der Waals surface area contributed by atoms with Gasteiger partial charge in [0.25, 0.3) is 11.8 Å². The maximum atomic E-state index is 15.1. The number of hydrogen-bond donors (Lipinski definition) is 3. The average molecular weight is 915 g/mol. The second-order valence-corrected chi connectivity index (χ2v) is 21.1. The van der Waals surface area contributed by atoms with E-state index in [4.69, 9.17) is 19.2 Å². The number of pyridine rings is 1. The molecule has 0 radical (unpaired) electrons. The van der Waals surface area contributed by atoms with Crippen molar-refractivity contribution in [3.8, 4) is 11.6 Å². The normalized spacial score (nSPS) is 29.9. The van der Waals surface area contributed by atoms with Crippen LogP contribution in [0.15, 0.2) is 49.1 Å². The topological polar surface area (TPSA) is 203 Å². The van der Waals surface area contributed by atoms with Gasteiger partial charge in [0.05, 0.1) is 22.9 Å². The molecule has 9 rings (SSSR count). The lowest BCUT2D eigenvalue weighted by atomic mass is 9.66. The second-order valence-electron chi connectivity index (χ2n) is 19.2. The molecule has 17 heteroatoms. The monoisotopic (exact) mass is 914 g/mol. The molecule has 350 valence electrons. The Morgan fingerprint density at radius 1 is 0.938 bits per heavy atom. The number of fused-ring (bicyclic) bond motifs is 5. The van der Waals surface area contributed by atoms with Crippen LogP contribution in [-0.2, 0) is 40.4 Å². The molecular weight excluding hydrogens is 853 g/mol. The summed E-state index contributed by atoms with van der Waals surface area (Å²) in [6.07, 6.45) is 15.0. The van der Waals surface area contributed by atoms with Crippen molar-refractivity contribution in [2.75, 3.05) is 26.2 Å². The molecule has 2 saturated heterocycles. The van der Waals surface area contributed by atoms with Crippen LogP contribution in [0.4, 0.5) is 4.79 Å². The highest BCUT2D eigenvalue weighted by Crippen LogP contribution is 2.42. The first-order chi connectivity index (χ1) is 31.4. The van der Waals surface area contributed by atoms with Gasteiger partial charge in [-0.25, -0.2) is 18.2 Å². The smallest absolute Gasteiger partial charge is 0.408 e. The van der Waals surface area contributed by atoms with Crippen LogP contribution in [0.25, 0.3) is 10.9 Å². The number of carbonyl (C=O) groups excluding carboxylic acids is 5. The number of allylic oxidation sites excluding steroid dienone is 2. The molecule has 5 amide bonds. The number of hydrogen-bond acceptors (Lipinski definition) is 11. The first-order valence-corrected chi connectivity index (χ1v) is 25.4. The zero-order valence-electron chi connectivity index (χ0n) is 37.0. The van der Waals surface area contributed by atoms with E-state index in [0.29, 0.717) is 73.8 Å². The molecule has 1 aromatic carbocycles. The molecule has 7 atom stereocenters. The molecule has 16 nitrogen and oxygen atoms in total. The number of nitrogens with one attached hydrogen (secondary N) is 3. The van der Waals surface area contributed by atoms with Gasteiger partial charge in [-0.1, -0.05) is 43.2 Å². The molecule has 4 aliphatic carbocycles. The van der Waals surface area contributed by atoms with Gasteiger partial charge >= 0.3 is 6.09 Å². The van der Waals surface area contributed by atoms with Gasteiger partial charge in [0.15, 0.2) is 6.61 Å². The quantitative estimate of drug-likeness (QED) is 0.271. The van der Waals surface area contributed by atoms with Crippen LogP contribution in [0.3, 0.4) is 0 Å². The summed E-state index contributed by atoms with van der Waals surface area (Å²) >= 11 is 0. The molecule has 7 unspecified atom stereocenters. The molecule has 6 fully saturated rings. The van der Waals surface area contributed by atoms with Gasteiger partial charge in [-0.05, 0) is 114 Å². The number of sulfonamides is 1. The van der Waals surface area contributed by atoms with Gasteiger partial charge in [-0.15, -0.1) is 6.58 Å². The Kier molecular flexibility index (Phi) is 13.1. The highest BCUT2D eigenvalue weighted by molar-refractivity contribution is 7.91. The molecule has 2 aromatic rings. The lowest BCUT2D eigenvalue weighted by Gasteiger charge is -2.47. The van der Waals surface area contributed by atoms with E-state index in [-0.39, 0.29) is 55.7 Å². The summed E-state index contributed by atoms with van der Waals surface area (Å²) in [7, 11) is -3.95. The van der Waals surface area contributed by atoms with Gasteiger partial charge in [-0.3, -0.25) is 23.9 Å². The molecule has 3 N–H and O–H groups in total. The largest absolute Gasteiger partial charge is 0.483 e. The summed E-state index contributed by atoms with van der Waals surface area (Å²) in [6.45, 7) is 5.04. The number of rotatable bonds is 10. The van der Waals surface area contributed by atoms with Gasteiger partial charge in [0.2, 0.25) is 27.7 Å². The van der Waals surface area contributed by atoms with Gasteiger partial charge < -0.3 is 34.6 Å². The van der Waals surface area contributed by atoms with Gasteiger partial charge in [-0.2, -0.15) is 0 Å². The number of likely N-dealkylation sites (tertiary alicyclic amines) is 1. The summed E-state index contributed by atoms with van der Waals surface area (Å²) in [6, 6.07) is 5.32. The number of carbonyl (C=O) groups is 5. The van der Waals surface area contributed by atoms with Gasteiger partial charge in [0, 0.05) is 30.8 Å². The molecule has 0 spiro atoms. The number of benzene rings is 1. The minimum Gasteiger partial charge on any atom is -0.483 e. The van der Waals surface area contributed by atoms with Crippen LogP contribution in [0.5, 0.6) is 11.6 Å². The maximum absolute atomic E-state index is 15.1. The summed E-state index contributed by atoms with van der Waals surface area (Å²) < 4.78 is 47.7. The predicted molar refractivity (Wildman–Crippen MR) is 240 cm³/mol. The molecule has 7 aliphatic rings. The zero-order valence-corrected chi connectivity index (χ0v) is 37.9. The molecule has 2 bridgehead atoms. The predicted octanol–water partition coefficient (Wildman–Crippen LogP) is 4.99. The molecule has 4 heterocycles. The summed E-state index contributed by atoms with van der Waals surface area (Å²) in [4.78, 5) is 79.4. The van der Waals surface area contributed by atoms with E-state index >= 15 is 4.79 Å². The Hall–Kier alpha value is -5.19. The molecule has 1 aromatic heterocycles. The van der Waals surface area contributed by atoms with E-state index in [2.05, 4.69) is 28.0 Å². The molecular formula is C48H62N6O10S. The molecule has 65 heavy (non-hydrogen) atoms. The van der Waals surface area contributed by atoms with E-state index in [1.54, 1.807) is 6.08 Å². The van der Waals surface area contributed by atoms with E-state index in [1.807, 2.05) is 35.2 Å². The fraction of sp³-hybridized carbons (Fsp3) is 0.625. The average Bonchev–Trinajstić information content (AvgIpc) is 3.70. The Bertz CT molecular complexity index is 2320. The van der Waals surface area contributed by atoms with Crippen molar-refractivity contribution in [1.29, 1.82) is 0 Å². The second kappa shape index (κ2) is 19.0. The Labute approximate surface area is 380 Å². The summed E-state index contributed by atoms with van der Waals surface area (Å²) in [5, 5.41) is 5.94. The third-order valence-corrected chi connectivity index (χ3v) is 16.8. The Morgan fingerprint density at radius 2 is 1.71 bits per heavy atom. The molecule has 4 saturated carbocycles. The zero-order chi connectivity index (χ0) is 45.3. The summed E-state index contributed by atoms with van der Waals surface area (Å²) in [5.41, 5.74) is -0.411. The number of para-hydroxylation sites is 1. The van der Waals surface area contributed by atoms with E-state index in [0.717, 1.165) is 57.8 Å². The first kappa shape index (κ1) is 45.0. The van der Waals surface area contributed by atoms with Crippen LogP contribution in [-0.4, -0.2) is 114 Å². The number of alkyl carbamates (subject to hydrolysis) is 1. The Balaban J connectivity index is 1.08. The maximum Gasteiger partial charge on any atom is 0.408 e. The fourth-order valence-electron chi connectivity index (χ4n) is 11.0. The van der Waals surface area contributed by atoms with Crippen LogP contribution in [0.2, 0.25) is 0 Å². The number of amides is 5. The van der Waals surface area contributed by atoms with Crippen molar-refractivity contribution >= 4 is 50.6 Å². The third-order valence-electron chi connectivity index (χ3n) is 15.0.